The van der Waals surface area contributed by atoms with E-state index in [4.69, 9.17) is 12.2 Å². The second kappa shape index (κ2) is 6.06. The first-order chi connectivity index (χ1) is 9.47. The van der Waals surface area contributed by atoms with Gasteiger partial charge in [-0.3, -0.25) is 0 Å². The highest BCUT2D eigenvalue weighted by Crippen LogP contribution is 2.21. The minimum atomic E-state index is 0.620. The first-order valence-corrected chi connectivity index (χ1v) is 7.09. The van der Waals surface area contributed by atoms with Gasteiger partial charge in [-0.15, -0.1) is 0 Å². The van der Waals surface area contributed by atoms with Crippen molar-refractivity contribution in [2.45, 2.75) is 27.7 Å². The number of hydrogen-bond donors (Lipinski definition) is 2. The summed E-state index contributed by atoms with van der Waals surface area (Å²) in [5, 5.41) is 7.17. The molecule has 0 aromatic heterocycles. The fraction of sp³-hybridized carbons (Fsp3) is 0.235. The SMILES string of the molecule is Cc1ccc(NC(=S)Nc2c(C)cccc2C)c(C)c1. The summed E-state index contributed by atoms with van der Waals surface area (Å²) in [4.78, 5) is 0. The molecule has 20 heavy (non-hydrogen) atoms. The summed E-state index contributed by atoms with van der Waals surface area (Å²) >= 11 is 5.41. The van der Waals surface area contributed by atoms with Crippen molar-refractivity contribution < 1.29 is 0 Å². The molecule has 3 heteroatoms. The molecule has 0 fully saturated rings. The quantitative estimate of drug-likeness (QED) is 0.780. The van der Waals surface area contributed by atoms with Crippen molar-refractivity contribution in [2.24, 2.45) is 0 Å². The smallest absolute Gasteiger partial charge is 0.175 e. The fourth-order valence-corrected chi connectivity index (χ4v) is 2.44. The normalized spacial score (nSPS) is 10.2. The van der Waals surface area contributed by atoms with E-state index in [1.165, 1.54) is 22.3 Å². The highest BCUT2D eigenvalue weighted by atomic mass is 32.1. The van der Waals surface area contributed by atoms with Crippen LogP contribution in [-0.2, 0) is 0 Å². The van der Waals surface area contributed by atoms with Gasteiger partial charge in [0.2, 0.25) is 0 Å². The van der Waals surface area contributed by atoms with Crippen molar-refractivity contribution in [1.29, 1.82) is 0 Å². The van der Waals surface area contributed by atoms with Crippen molar-refractivity contribution in [3.63, 3.8) is 0 Å². The van der Waals surface area contributed by atoms with Gasteiger partial charge < -0.3 is 10.6 Å². The molecular formula is C17H20N2S. The van der Waals surface area contributed by atoms with Crippen molar-refractivity contribution >= 4 is 28.7 Å². The molecule has 104 valence electrons. The Morgan fingerprint density at radius 1 is 0.850 bits per heavy atom. The van der Waals surface area contributed by atoms with E-state index in [1.807, 2.05) is 0 Å². The second-order valence-electron chi connectivity index (χ2n) is 5.16. The fourth-order valence-electron chi connectivity index (χ4n) is 2.23. The molecule has 2 rings (SSSR count). The Hall–Kier alpha value is -1.87. The molecular weight excluding hydrogens is 264 g/mol. The summed E-state index contributed by atoms with van der Waals surface area (Å²) in [5.41, 5.74) is 6.94. The van der Waals surface area contributed by atoms with Crippen LogP contribution in [0.5, 0.6) is 0 Å². The Morgan fingerprint density at radius 3 is 2.10 bits per heavy atom. The van der Waals surface area contributed by atoms with E-state index in [0.717, 1.165) is 11.4 Å². The van der Waals surface area contributed by atoms with Crippen molar-refractivity contribution in [3.05, 3.63) is 58.7 Å². The molecule has 0 radical (unpaired) electrons. The van der Waals surface area contributed by atoms with Gasteiger partial charge in [0, 0.05) is 11.4 Å². The molecule has 0 aliphatic rings. The van der Waals surface area contributed by atoms with E-state index in [9.17, 15) is 0 Å². The average molecular weight is 284 g/mol. The van der Waals surface area contributed by atoms with Gasteiger partial charge in [0.05, 0.1) is 0 Å². The van der Waals surface area contributed by atoms with E-state index in [-0.39, 0.29) is 0 Å². The monoisotopic (exact) mass is 284 g/mol. The lowest BCUT2D eigenvalue weighted by Crippen LogP contribution is -2.20. The topological polar surface area (TPSA) is 24.1 Å². The molecule has 2 nitrogen and oxygen atoms in total. The van der Waals surface area contributed by atoms with E-state index in [1.54, 1.807) is 0 Å². The number of nitrogens with one attached hydrogen (secondary N) is 2. The third-order valence-corrected chi connectivity index (χ3v) is 3.55. The van der Waals surface area contributed by atoms with Crippen LogP contribution in [0, 0.1) is 27.7 Å². The lowest BCUT2D eigenvalue weighted by Gasteiger charge is -2.16. The minimum Gasteiger partial charge on any atom is -0.332 e. The molecule has 0 unspecified atom stereocenters. The van der Waals surface area contributed by atoms with Gasteiger partial charge in [0.15, 0.2) is 5.11 Å². The van der Waals surface area contributed by atoms with Crippen LogP contribution in [-0.4, -0.2) is 5.11 Å². The van der Waals surface area contributed by atoms with Crippen LogP contribution in [0.25, 0.3) is 0 Å². The molecule has 0 saturated heterocycles. The van der Waals surface area contributed by atoms with Crippen LogP contribution in [0.1, 0.15) is 22.3 Å². The molecule has 0 amide bonds. The molecule has 0 aliphatic heterocycles. The van der Waals surface area contributed by atoms with Crippen molar-refractivity contribution in [2.75, 3.05) is 10.6 Å². The van der Waals surface area contributed by atoms with Gasteiger partial charge in [-0.05, 0) is 62.7 Å². The number of benzene rings is 2. The maximum absolute atomic E-state index is 5.41. The van der Waals surface area contributed by atoms with Crippen molar-refractivity contribution in [3.8, 4) is 0 Å². The third-order valence-electron chi connectivity index (χ3n) is 3.35. The standard InChI is InChI=1S/C17H20N2S/c1-11-8-9-15(14(4)10-11)18-17(20)19-16-12(2)6-5-7-13(16)3/h5-10H,1-4H3,(H2,18,19,20). The summed E-state index contributed by atoms with van der Waals surface area (Å²) < 4.78 is 0. The minimum absolute atomic E-state index is 0.620. The maximum atomic E-state index is 5.41. The predicted molar refractivity (Wildman–Crippen MR) is 91.7 cm³/mol. The van der Waals surface area contributed by atoms with Crippen LogP contribution >= 0.6 is 12.2 Å². The zero-order chi connectivity index (χ0) is 14.7. The molecule has 0 aliphatic carbocycles. The molecule has 2 aromatic rings. The predicted octanol–water partition coefficient (Wildman–Crippen LogP) is 4.73. The van der Waals surface area contributed by atoms with Gasteiger partial charge in [0.25, 0.3) is 0 Å². The zero-order valence-electron chi connectivity index (χ0n) is 12.4. The number of anilines is 2. The number of rotatable bonds is 2. The average Bonchev–Trinajstić information content (AvgIpc) is 2.37. The van der Waals surface area contributed by atoms with Gasteiger partial charge in [-0.1, -0.05) is 35.9 Å². The molecule has 2 aromatic carbocycles. The Morgan fingerprint density at radius 2 is 1.50 bits per heavy atom. The lowest BCUT2D eigenvalue weighted by molar-refractivity contribution is 1.36. The molecule has 0 spiro atoms. The highest BCUT2D eigenvalue weighted by molar-refractivity contribution is 7.80. The first kappa shape index (κ1) is 14.5. The summed E-state index contributed by atoms with van der Waals surface area (Å²) in [6.45, 7) is 8.32. The zero-order valence-corrected chi connectivity index (χ0v) is 13.2. The molecule has 0 saturated carbocycles. The van der Waals surface area contributed by atoms with Crippen LogP contribution in [0.2, 0.25) is 0 Å². The summed E-state index contributed by atoms with van der Waals surface area (Å²) in [6, 6.07) is 12.5. The van der Waals surface area contributed by atoms with Gasteiger partial charge in [0.1, 0.15) is 0 Å². The number of thiocarbonyl (C=S) groups is 1. The Balaban J connectivity index is 2.13. The van der Waals surface area contributed by atoms with Crippen molar-refractivity contribution in [1.82, 2.24) is 0 Å². The Kier molecular flexibility index (Phi) is 4.40. The van der Waals surface area contributed by atoms with Crippen LogP contribution in [0.15, 0.2) is 36.4 Å². The van der Waals surface area contributed by atoms with Crippen LogP contribution in [0.3, 0.4) is 0 Å². The maximum Gasteiger partial charge on any atom is 0.175 e. The van der Waals surface area contributed by atoms with E-state index in [2.05, 4.69) is 74.7 Å². The summed E-state index contributed by atoms with van der Waals surface area (Å²) in [7, 11) is 0. The molecule has 2 N–H and O–H groups in total. The summed E-state index contributed by atoms with van der Waals surface area (Å²) in [6.07, 6.45) is 0. The molecule has 0 atom stereocenters. The second-order valence-corrected chi connectivity index (χ2v) is 5.57. The summed E-state index contributed by atoms with van der Waals surface area (Å²) in [5.74, 6) is 0. The van der Waals surface area contributed by atoms with Gasteiger partial charge >= 0.3 is 0 Å². The number of para-hydroxylation sites is 1. The van der Waals surface area contributed by atoms with Gasteiger partial charge in [-0.25, -0.2) is 0 Å². The lowest BCUT2D eigenvalue weighted by atomic mass is 10.1. The largest absolute Gasteiger partial charge is 0.332 e. The number of hydrogen-bond acceptors (Lipinski definition) is 1. The van der Waals surface area contributed by atoms with Crippen LogP contribution in [0.4, 0.5) is 11.4 Å². The third kappa shape index (κ3) is 3.36. The van der Waals surface area contributed by atoms with Crippen LogP contribution < -0.4 is 10.6 Å². The Labute approximate surface area is 126 Å². The number of aryl methyl sites for hydroxylation is 4. The Bertz CT molecular complexity index is 627. The van der Waals surface area contributed by atoms with E-state index < -0.39 is 0 Å². The molecule has 0 heterocycles. The first-order valence-electron chi connectivity index (χ1n) is 6.69. The van der Waals surface area contributed by atoms with E-state index >= 15 is 0 Å². The van der Waals surface area contributed by atoms with E-state index in [0.29, 0.717) is 5.11 Å². The molecule has 0 bridgehead atoms. The highest BCUT2D eigenvalue weighted by Gasteiger charge is 2.05. The van der Waals surface area contributed by atoms with Gasteiger partial charge in [-0.2, -0.15) is 0 Å².